The van der Waals surface area contributed by atoms with Gasteiger partial charge in [-0.3, -0.25) is 4.57 Å². The molecule has 0 radical (unpaired) electrons. The lowest BCUT2D eigenvalue weighted by atomic mass is 9.88. The Morgan fingerprint density at radius 1 is 1.21 bits per heavy atom. The molecule has 2 aromatic heterocycles. The highest BCUT2D eigenvalue weighted by Gasteiger charge is 2.26. The predicted octanol–water partition coefficient (Wildman–Crippen LogP) is 3.31. The molecule has 1 N–H and O–H groups in total. The summed E-state index contributed by atoms with van der Waals surface area (Å²) in [5, 5.41) is 3.07. The van der Waals surface area contributed by atoms with Gasteiger partial charge in [-0.05, 0) is 18.6 Å². The maximum absolute atomic E-state index is 13.2. The van der Waals surface area contributed by atoms with E-state index in [1.807, 2.05) is 57.2 Å². The van der Waals surface area contributed by atoms with Gasteiger partial charge < -0.3 is 19.7 Å². The number of nitrogens with zero attached hydrogens (tertiary/aromatic N) is 5. The first kappa shape index (κ1) is 22.3. The monoisotopic (exact) mass is 448 g/mol. The fourth-order valence-corrected chi connectivity index (χ4v) is 3.44. The second-order valence-corrected chi connectivity index (χ2v) is 8.56. The minimum Gasteiger partial charge on any atom is -0.462 e. The number of carbonyl (C=O) groups is 1. The fraction of sp³-hybridized carbons (Fsp3) is 0.333. The van der Waals surface area contributed by atoms with E-state index in [-0.39, 0.29) is 12.8 Å². The first-order valence-electron chi connectivity index (χ1n) is 10.8. The number of benzene rings is 1. The van der Waals surface area contributed by atoms with E-state index in [0.29, 0.717) is 31.3 Å². The lowest BCUT2D eigenvalue weighted by molar-refractivity contribution is 0.0737. The van der Waals surface area contributed by atoms with Gasteiger partial charge in [-0.15, -0.1) is 0 Å². The van der Waals surface area contributed by atoms with Crippen LogP contribution in [0, 0.1) is 6.92 Å². The van der Waals surface area contributed by atoms with Crippen LogP contribution in [0.2, 0.25) is 0 Å². The molecule has 0 aliphatic carbocycles. The summed E-state index contributed by atoms with van der Waals surface area (Å²) in [6.07, 6.45) is 6.71. The summed E-state index contributed by atoms with van der Waals surface area (Å²) in [7, 11) is 0. The number of imidazole rings is 1. The van der Waals surface area contributed by atoms with Crippen molar-refractivity contribution >= 4 is 6.03 Å². The summed E-state index contributed by atoms with van der Waals surface area (Å²) >= 11 is 0. The number of rotatable bonds is 8. The molecule has 3 heterocycles. The minimum absolute atomic E-state index is 0.176. The SMILES string of the molecule is Cc1cc(C(C)(C)CNC(=O)N(CC2=COCO2)Cc2ccccc2)nc(-n2ccnc2)n1. The fourth-order valence-electron chi connectivity index (χ4n) is 3.44. The van der Waals surface area contributed by atoms with Crippen LogP contribution in [0.15, 0.2) is 67.1 Å². The lowest BCUT2D eigenvalue weighted by Crippen LogP contribution is -2.45. The van der Waals surface area contributed by atoms with Crippen LogP contribution in [0.1, 0.15) is 30.8 Å². The number of hydrogen-bond acceptors (Lipinski definition) is 6. The largest absolute Gasteiger partial charge is 0.462 e. The minimum atomic E-state index is -0.427. The van der Waals surface area contributed by atoms with Gasteiger partial charge in [0.15, 0.2) is 5.76 Å². The molecule has 1 aliphatic heterocycles. The Hall–Kier alpha value is -3.88. The van der Waals surface area contributed by atoms with Gasteiger partial charge in [-0.25, -0.2) is 19.7 Å². The van der Waals surface area contributed by atoms with Gasteiger partial charge in [0.2, 0.25) is 12.7 Å². The van der Waals surface area contributed by atoms with Crippen molar-refractivity contribution in [1.29, 1.82) is 0 Å². The Balaban J connectivity index is 1.47. The van der Waals surface area contributed by atoms with E-state index in [2.05, 4.69) is 15.3 Å². The average molecular weight is 449 g/mol. The van der Waals surface area contributed by atoms with Gasteiger partial charge in [0, 0.05) is 36.6 Å². The molecular weight excluding hydrogens is 420 g/mol. The van der Waals surface area contributed by atoms with Crippen LogP contribution in [0.4, 0.5) is 4.79 Å². The van der Waals surface area contributed by atoms with Crippen LogP contribution in [0.5, 0.6) is 0 Å². The van der Waals surface area contributed by atoms with Crippen molar-refractivity contribution < 1.29 is 14.3 Å². The van der Waals surface area contributed by atoms with Crippen LogP contribution in [0.3, 0.4) is 0 Å². The number of amides is 2. The van der Waals surface area contributed by atoms with Gasteiger partial charge in [0.25, 0.3) is 0 Å². The normalized spacial score (nSPS) is 13.1. The Morgan fingerprint density at radius 3 is 2.73 bits per heavy atom. The molecular formula is C24H28N6O3. The zero-order valence-corrected chi connectivity index (χ0v) is 19.1. The third-order valence-corrected chi connectivity index (χ3v) is 5.33. The number of aromatic nitrogens is 4. The van der Waals surface area contributed by atoms with Gasteiger partial charge in [-0.1, -0.05) is 44.2 Å². The topological polar surface area (TPSA) is 94.4 Å². The van der Waals surface area contributed by atoms with E-state index >= 15 is 0 Å². The molecule has 9 heteroatoms. The van der Waals surface area contributed by atoms with Crippen molar-refractivity contribution in [1.82, 2.24) is 29.7 Å². The molecule has 4 rings (SSSR count). The van der Waals surface area contributed by atoms with Crippen molar-refractivity contribution in [3.05, 3.63) is 84.1 Å². The highest BCUT2D eigenvalue weighted by Crippen LogP contribution is 2.22. The molecule has 1 aromatic carbocycles. The quantitative estimate of drug-likeness (QED) is 0.568. The highest BCUT2D eigenvalue weighted by atomic mass is 16.7. The third-order valence-electron chi connectivity index (χ3n) is 5.33. The van der Waals surface area contributed by atoms with Crippen LogP contribution in [0.25, 0.3) is 5.95 Å². The molecule has 0 spiro atoms. The number of ether oxygens (including phenoxy) is 2. The molecule has 9 nitrogen and oxygen atoms in total. The van der Waals surface area contributed by atoms with Crippen molar-refractivity contribution in [3.8, 4) is 5.95 Å². The Labute approximate surface area is 193 Å². The number of nitrogens with one attached hydrogen (secondary N) is 1. The number of carbonyl (C=O) groups excluding carboxylic acids is 1. The van der Waals surface area contributed by atoms with Crippen LogP contribution in [-0.4, -0.2) is 50.3 Å². The van der Waals surface area contributed by atoms with E-state index in [9.17, 15) is 4.79 Å². The maximum Gasteiger partial charge on any atom is 0.318 e. The second-order valence-electron chi connectivity index (χ2n) is 8.56. The zero-order valence-electron chi connectivity index (χ0n) is 19.1. The summed E-state index contributed by atoms with van der Waals surface area (Å²) < 4.78 is 12.4. The first-order valence-corrected chi connectivity index (χ1v) is 10.8. The number of hydrogen-bond donors (Lipinski definition) is 1. The summed E-state index contributed by atoms with van der Waals surface area (Å²) in [6.45, 7) is 7.36. The van der Waals surface area contributed by atoms with Crippen LogP contribution in [-0.2, 0) is 21.4 Å². The van der Waals surface area contributed by atoms with E-state index in [0.717, 1.165) is 17.0 Å². The van der Waals surface area contributed by atoms with Crippen molar-refractivity contribution in [2.45, 2.75) is 32.7 Å². The maximum atomic E-state index is 13.2. The van der Waals surface area contributed by atoms with Gasteiger partial charge >= 0.3 is 6.03 Å². The van der Waals surface area contributed by atoms with Crippen LogP contribution >= 0.6 is 0 Å². The highest BCUT2D eigenvalue weighted by molar-refractivity contribution is 5.74. The van der Waals surface area contributed by atoms with Gasteiger partial charge in [-0.2, -0.15) is 0 Å². The predicted molar refractivity (Wildman–Crippen MR) is 122 cm³/mol. The van der Waals surface area contributed by atoms with Crippen LogP contribution < -0.4 is 5.32 Å². The first-order chi connectivity index (χ1) is 15.9. The smallest absolute Gasteiger partial charge is 0.318 e. The molecule has 2 amide bonds. The van der Waals surface area contributed by atoms with Gasteiger partial charge in [0.1, 0.15) is 12.6 Å². The average Bonchev–Trinajstić information content (AvgIpc) is 3.52. The van der Waals surface area contributed by atoms with Gasteiger partial charge in [0.05, 0.1) is 12.2 Å². The molecule has 0 atom stereocenters. The molecule has 33 heavy (non-hydrogen) atoms. The van der Waals surface area contributed by atoms with E-state index in [4.69, 9.17) is 14.5 Å². The molecule has 0 saturated carbocycles. The summed E-state index contributed by atoms with van der Waals surface area (Å²) in [5.41, 5.74) is 2.29. The van der Waals surface area contributed by atoms with E-state index in [1.165, 1.54) is 0 Å². The summed E-state index contributed by atoms with van der Waals surface area (Å²) in [5.74, 6) is 1.18. The number of aryl methyl sites for hydroxylation is 1. The Bertz CT molecular complexity index is 1110. The molecule has 0 saturated heterocycles. The van der Waals surface area contributed by atoms with Crippen molar-refractivity contribution in [2.24, 2.45) is 0 Å². The second kappa shape index (κ2) is 9.72. The van der Waals surface area contributed by atoms with E-state index in [1.54, 1.807) is 34.5 Å². The Morgan fingerprint density at radius 2 is 2.03 bits per heavy atom. The third kappa shape index (κ3) is 5.68. The zero-order chi connectivity index (χ0) is 23.3. The van der Waals surface area contributed by atoms with Crippen molar-refractivity contribution in [2.75, 3.05) is 19.9 Å². The molecule has 0 fully saturated rings. The lowest BCUT2D eigenvalue weighted by Gasteiger charge is -2.28. The van der Waals surface area contributed by atoms with Crippen molar-refractivity contribution in [3.63, 3.8) is 0 Å². The molecule has 172 valence electrons. The van der Waals surface area contributed by atoms with E-state index < -0.39 is 5.41 Å². The molecule has 0 unspecified atom stereocenters. The molecule has 3 aromatic rings. The Kier molecular flexibility index (Phi) is 6.58. The standard InChI is InChI=1S/C24H28N6O3/c1-18-11-21(28-22(27-18)29-10-9-25-16-29)24(2,3)15-26-23(31)30(13-20-14-32-17-33-20)12-19-7-5-4-6-8-19/h4-11,14,16H,12-13,15,17H2,1-3H3,(H,26,31). The molecule has 0 bridgehead atoms. The summed E-state index contributed by atoms with van der Waals surface area (Å²) in [6, 6.07) is 11.6. The number of urea groups is 1. The summed E-state index contributed by atoms with van der Waals surface area (Å²) in [4.78, 5) is 28.2. The molecule has 1 aliphatic rings.